The molecule has 5 heteroatoms. The van der Waals surface area contributed by atoms with E-state index in [0.29, 0.717) is 11.8 Å². The smallest absolute Gasteiger partial charge is 0.225 e. The van der Waals surface area contributed by atoms with Crippen molar-refractivity contribution in [2.75, 3.05) is 11.1 Å². The summed E-state index contributed by atoms with van der Waals surface area (Å²) in [4.78, 5) is 10.9. The summed E-state index contributed by atoms with van der Waals surface area (Å²) in [7, 11) is 0. The van der Waals surface area contributed by atoms with Gasteiger partial charge in [0.05, 0.1) is 6.04 Å². The molecule has 2 aromatic heterocycles. The van der Waals surface area contributed by atoms with Crippen LogP contribution >= 0.6 is 11.3 Å². The summed E-state index contributed by atoms with van der Waals surface area (Å²) >= 11 is 1.81. The summed E-state index contributed by atoms with van der Waals surface area (Å²) < 4.78 is 0. The molecule has 3 N–H and O–H groups in total. The molecule has 17 heavy (non-hydrogen) atoms. The number of rotatable bonds is 3. The van der Waals surface area contributed by atoms with Gasteiger partial charge in [-0.25, -0.2) is 4.98 Å². The van der Waals surface area contributed by atoms with Gasteiger partial charge >= 0.3 is 0 Å². The average molecular weight is 248 g/mol. The van der Waals surface area contributed by atoms with Crippen molar-refractivity contribution in [3.8, 4) is 0 Å². The molecule has 0 saturated carbocycles. The van der Waals surface area contributed by atoms with Crippen LogP contribution in [0.2, 0.25) is 0 Å². The number of hydrogen-bond acceptors (Lipinski definition) is 5. The molecule has 2 rings (SSSR count). The monoisotopic (exact) mass is 248 g/mol. The van der Waals surface area contributed by atoms with Crippen LogP contribution in [0.15, 0.2) is 18.3 Å². The maximum atomic E-state index is 5.62. The van der Waals surface area contributed by atoms with Crippen molar-refractivity contribution in [1.82, 2.24) is 9.97 Å². The number of nitrogens with two attached hydrogens (primary N) is 1. The molecule has 0 fully saturated rings. The molecule has 2 heterocycles. The first kappa shape index (κ1) is 11.9. The Balaban J connectivity index is 2.16. The second-order valence-corrected chi connectivity index (χ2v) is 5.50. The predicted octanol–water partition coefficient (Wildman–Crippen LogP) is 2.91. The molecule has 0 aliphatic heterocycles. The number of thiophene rings is 1. The minimum Gasteiger partial charge on any atom is -0.384 e. The van der Waals surface area contributed by atoms with Crippen molar-refractivity contribution >= 4 is 23.1 Å². The highest BCUT2D eigenvalue weighted by Gasteiger charge is 2.12. The molecular formula is C12H16N4S. The maximum Gasteiger partial charge on any atom is 0.225 e. The van der Waals surface area contributed by atoms with Gasteiger partial charge in [0.1, 0.15) is 5.82 Å². The van der Waals surface area contributed by atoms with Gasteiger partial charge in [0.15, 0.2) is 0 Å². The zero-order valence-corrected chi connectivity index (χ0v) is 11.0. The van der Waals surface area contributed by atoms with Crippen LogP contribution in [0, 0.1) is 13.8 Å². The first-order valence-electron chi connectivity index (χ1n) is 5.48. The maximum absolute atomic E-state index is 5.62. The number of nitrogens with zero attached hydrogens (tertiary/aromatic N) is 2. The van der Waals surface area contributed by atoms with E-state index in [0.717, 1.165) is 0 Å². The van der Waals surface area contributed by atoms with Gasteiger partial charge in [-0.1, -0.05) is 0 Å². The van der Waals surface area contributed by atoms with Crippen molar-refractivity contribution in [3.63, 3.8) is 0 Å². The van der Waals surface area contributed by atoms with Crippen LogP contribution in [0.3, 0.4) is 0 Å². The van der Waals surface area contributed by atoms with Gasteiger partial charge in [0.25, 0.3) is 0 Å². The molecular weight excluding hydrogens is 232 g/mol. The Morgan fingerprint density at radius 3 is 2.76 bits per heavy atom. The van der Waals surface area contributed by atoms with Crippen LogP contribution < -0.4 is 11.1 Å². The normalized spacial score (nSPS) is 12.4. The van der Waals surface area contributed by atoms with E-state index in [1.165, 1.54) is 15.3 Å². The Bertz CT molecular complexity index is 521. The third-order valence-corrected chi connectivity index (χ3v) is 3.55. The number of anilines is 2. The second-order valence-electron chi connectivity index (χ2n) is 4.04. The molecule has 0 bridgehead atoms. The topological polar surface area (TPSA) is 63.8 Å². The van der Waals surface area contributed by atoms with Crippen molar-refractivity contribution in [1.29, 1.82) is 0 Å². The molecule has 0 aromatic carbocycles. The van der Waals surface area contributed by atoms with Gasteiger partial charge in [-0.2, -0.15) is 4.98 Å². The molecule has 1 atom stereocenters. The lowest BCUT2D eigenvalue weighted by molar-refractivity contribution is 0.859. The lowest BCUT2D eigenvalue weighted by Crippen LogP contribution is -2.10. The third kappa shape index (κ3) is 2.74. The Hall–Kier alpha value is -1.62. The summed E-state index contributed by atoms with van der Waals surface area (Å²) in [6.07, 6.45) is 1.66. The van der Waals surface area contributed by atoms with Crippen LogP contribution in [0.1, 0.15) is 28.3 Å². The molecule has 0 aliphatic rings. The fraction of sp³-hybridized carbons (Fsp3) is 0.333. The Kier molecular flexibility index (Phi) is 3.28. The first-order chi connectivity index (χ1) is 8.06. The molecule has 4 nitrogen and oxygen atoms in total. The predicted molar refractivity (Wildman–Crippen MR) is 72.3 cm³/mol. The van der Waals surface area contributed by atoms with E-state index < -0.39 is 0 Å². The summed E-state index contributed by atoms with van der Waals surface area (Å²) in [5, 5.41) is 3.26. The Morgan fingerprint density at radius 2 is 2.18 bits per heavy atom. The fourth-order valence-electron chi connectivity index (χ4n) is 1.79. The summed E-state index contributed by atoms with van der Waals surface area (Å²) in [6, 6.07) is 4.06. The van der Waals surface area contributed by atoms with Gasteiger partial charge in [-0.15, -0.1) is 11.3 Å². The summed E-state index contributed by atoms with van der Waals surface area (Å²) in [6.45, 7) is 6.34. The van der Waals surface area contributed by atoms with E-state index in [4.69, 9.17) is 5.73 Å². The lowest BCUT2D eigenvalue weighted by Gasteiger charge is -2.13. The van der Waals surface area contributed by atoms with Crippen LogP contribution in [-0.4, -0.2) is 9.97 Å². The van der Waals surface area contributed by atoms with Crippen molar-refractivity contribution in [3.05, 3.63) is 33.6 Å². The molecule has 90 valence electrons. The number of aryl methyl sites for hydroxylation is 2. The number of nitrogen functional groups attached to an aromatic ring is 1. The average Bonchev–Trinajstić information content (AvgIpc) is 2.58. The van der Waals surface area contributed by atoms with Crippen LogP contribution in [0.25, 0.3) is 0 Å². The SMILES string of the molecule is Cc1cc(C(C)Nc2nccc(N)n2)c(C)s1. The molecule has 0 radical (unpaired) electrons. The molecule has 0 amide bonds. The number of nitrogens with one attached hydrogen (secondary N) is 1. The summed E-state index contributed by atoms with van der Waals surface area (Å²) in [5.74, 6) is 1.05. The molecule has 0 saturated heterocycles. The quantitative estimate of drug-likeness (QED) is 0.876. The standard InChI is InChI=1S/C12H16N4S/c1-7-6-10(9(3)17-7)8(2)15-12-14-5-4-11(13)16-12/h4-6,8H,1-3H3,(H3,13,14,15,16). The van der Waals surface area contributed by atoms with Gasteiger partial charge in [0, 0.05) is 16.0 Å². The number of hydrogen-bond donors (Lipinski definition) is 2. The number of aromatic nitrogens is 2. The Labute approximate surface area is 105 Å². The first-order valence-corrected chi connectivity index (χ1v) is 6.30. The summed E-state index contributed by atoms with van der Waals surface area (Å²) in [5.41, 5.74) is 6.91. The van der Waals surface area contributed by atoms with Crippen molar-refractivity contribution in [2.24, 2.45) is 0 Å². The van der Waals surface area contributed by atoms with Crippen molar-refractivity contribution < 1.29 is 0 Å². The molecule has 1 unspecified atom stereocenters. The van der Waals surface area contributed by atoms with Crippen LogP contribution in [0.5, 0.6) is 0 Å². The highest BCUT2D eigenvalue weighted by Crippen LogP contribution is 2.27. The highest BCUT2D eigenvalue weighted by molar-refractivity contribution is 7.12. The molecule has 0 spiro atoms. The van der Waals surface area contributed by atoms with Crippen LogP contribution in [0.4, 0.5) is 11.8 Å². The Morgan fingerprint density at radius 1 is 1.41 bits per heavy atom. The van der Waals surface area contributed by atoms with E-state index >= 15 is 0 Å². The third-order valence-electron chi connectivity index (χ3n) is 2.57. The zero-order valence-electron chi connectivity index (χ0n) is 10.2. The van der Waals surface area contributed by atoms with E-state index in [9.17, 15) is 0 Å². The lowest BCUT2D eigenvalue weighted by atomic mass is 10.1. The van der Waals surface area contributed by atoms with Gasteiger partial charge in [-0.05, 0) is 38.5 Å². The van der Waals surface area contributed by atoms with E-state index in [-0.39, 0.29) is 6.04 Å². The van der Waals surface area contributed by atoms with Crippen molar-refractivity contribution in [2.45, 2.75) is 26.8 Å². The molecule has 2 aromatic rings. The zero-order chi connectivity index (χ0) is 12.4. The minimum absolute atomic E-state index is 0.182. The second kappa shape index (κ2) is 4.71. The highest BCUT2D eigenvalue weighted by atomic mass is 32.1. The van der Waals surface area contributed by atoms with E-state index in [1.54, 1.807) is 23.6 Å². The van der Waals surface area contributed by atoms with Crippen LogP contribution in [-0.2, 0) is 0 Å². The fourth-order valence-corrected chi connectivity index (χ4v) is 2.82. The van der Waals surface area contributed by atoms with E-state index in [2.05, 4.69) is 42.1 Å². The van der Waals surface area contributed by atoms with E-state index in [1.807, 2.05) is 0 Å². The largest absolute Gasteiger partial charge is 0.384 e. The van der Waals surface area contributed by atoms with Gasteiger partial charge in [-0.3, -0.25) is 0 Å². The molecule has 0 aliphatic carbocycles. The van der Waals surface area contributed by atoms with Gasteiger partial charge < -0.3 is 11.1 Å². The van der Waals surface area contributed by atoms with Gasteiger partial charge in [0.2, 0.25) is 5.95 Å². The minimum atomic E-state index is 0.182.